The summed E-state index contributed by atoms with van der Waals surface area (Å²) in [4.78, 5) is 3.39. The van der Waals surface area contributed by atoms with Gasteiger partial charge in [0.15, 0.2) is 0 Å². The van der Waals surface area contributed by atoms with E-state index in [1.165, 1.54) is 11.0 Å². The zero-order valence-corrected chi connectivity index (χ0v) is 9.08. The molecule has 0 saturated heterocycles. The largest absolute Gasteiger partial charge is 0.374 e. The van der Waals surface area contributed by atoms with E-state index in [9.17, 15) is 8.42 Å². The van der Waals surface area contributed by atoms with Crippen molar-refractivity contribution < 1.29 is 13.6 Å². The molecule has 5 nitrogen and oxygen atoms in total. The monoisotopic (exact) mass is 228 g/mol. The van der Waals surface area contributed by atoms with Crippen LogP contribution in [-0.2, 0) is 16.4 Å². The van der Waals surface area contributed by atoms with Crippen LogP contribution in [0.15, 0.2) is 23.1 Å². The highest BCUT2D eigenvalue weighted by molar-refractivity contribution is 7.89. The highest BCUT2D eigenvalue weighted by Crippen LogP contribution is 2.28. The molecule has 0 amide bonds. The molecule has 0 radical (unpaired) electrons. The van der Waals surface area contributed by atoms with E-state index in [1.807, 2.05) is 11.9 Å². The molecule has 1 aromatic rings. The summed E-state index contributed by atoms with van der Waals surface area (Å²) >= 11 is 0. The second-order valence-corrected chi connectivity index (χ2v) is 5.22. The Morgan fingerprint density at radius 2 is 2.20 bits per heavy atom. The summed E-state index contributed by atoms with van der Waals surface area (Å²) in [6.07, 6.45) is 0.929. The maximum atomic E-state index is 11.3. The van der Waals surface area contributed by atoms with E-state index in [4.69, 9.17) is 5.21 Å². The number of hydrogen-bond donors (Lipinski definition) is 2. The standard InChI is InChI=1S/C9H12N2O3S/c1-11-5-4-7-2-3-8(6-9(7)11)15(13,14)10-12/h2-3,6,10,12H,4-5H2,1H3. The van der Waals surface area contributed by atoms with Crippen LogP contribution in [0.1, 0.15) is 5.56 Å². The van der Waals surface area contributed by atoms with Gasteiger partial charge >= 0.3 is 0 Å². The van der Waals surface area contributed by atoms with Crippen molar-refractivity contribution in [3.63, 3.8) is 0 Å². The van der Waals surface area contributed by atoms with Gasteiger partial charge in [0.25, 0.3) is 10.0 Å². The lowest BCUT2D eigenvalue weighted by molar-refractivity contribution is 0.242. The van der Waals surface area contributed by atoms with E-state index < -0.39 is 10.0 Å². The minimum absolute atomic E-state index is 0.0810. The maximum absolute atomic E-state index is 11.3. The van der Waals surface area contributed by atoms with Gasteiger partial charge in [-0.05, 0) is 24.1 Å². The molecule has 1 heterocycles. The lowest BCUT2D eigenvalue weighted by Gasteiger charge is -2.12. The van der Waals surface area contributed by atoms with Crippen LogP contribution in [0.5, 0.6) is 0 Å². The molecule has 2 N–H and O–H groups in total. The fourth-order valence-electron chi connectivity index (χ4n) is 1.74. The van der Waals surface area contributed by atoms with Crippen molar-refractivity contribution in [1.29, 1.82) is 0 Å². The number of likely N-dealkylation sites (N-methyl/N-ethyl adjacent to an activating group) is 1. The second-order valence-electron chi connectivity index (χ2n) is 3.56. The zero-order valence-electron chi connectivity index (χ0n) is 8.27. The summed E-state index contributed by atoms with van der Waals surface area (Å²) in [6.45, 7) is 0.894. The van der Waals surface area contributed by atoms with Gasteiger partial charge in [0.1, 0.15) is 0 Å². The molecule has 0 saturated carbocycles. The van der Waals surface area contributed by atoms with Gasteiger partial charge in [0.05, 0.1) is 4.90 Å². The number of nitrogens with zero attached hydrogens (tertiary/aromatic N) is 1. The lowest BCUT2D eigenvalue weighted by Crippen LogP contribution is -2.20. The normalized spacial score (nSPS) is 15.5. The summed E-state index contributed by atoms with van der Waals surface area (Å²) in [5.41, 5.74) is 2.04. The molecule has 1 aliphatic rings. The van der Waals surface area contributed by atoms with E-state index in [1.54, 1.807) is 12.1 Å². The number of rotatable bonds is 2. The Hall–Kier alpha value is -1.11. The van der Waals surface area contributed by atoms with Crippen molar-refractivity contribution in [2.45, 2.75) is 11.3 Å². The van der Waals surface area contributed by atoms with Crippen molar-refractivity contribution in [2.75, 3.05) is 18.5 Å². The van der Waals surface area contributed by atoms with Gasteiger partial charge in [0, 0.05) is 19.3 Å². The van der Waals surface area contributed by atoms with Crippen molar-refractivity contribution in [2.24, 2.45) is 0 Å². The fraction of sp³-hybridized carbons (Fsp3) is 0.333. The smallest absolute Gasteiger partial charge is 0.262 e. The Bertz CT molecular complexity index is 484. The molecule has 2 rings (SSSR count). The van der Waals surface area contributed by atoms with Crippen molar-refractivity contribution in [3.05, 3.63) is 23.8 Å². The molecule has 6 heteroatoms. The van der Waals surface area contributed by atoms with Crippen LogP contribution in [0, 0.1) is 0 Å². The maximum Gasteiger partial charge on any atom is 0.262 e. The molecule has 1 aliphatic heterocycles. The third-order valence-electron chi connectivity index (χ3n) is 2.62. The van der Waals surface area contributed by atoms with E-state index >= 15 is 0 Å². The molecule has 0 bridgehead atoms. The first-order valence-electron chi connectivity index (χ1n) is 4.54. The summed E-state index contributed by atoms with van der Waals surface area (Å²) in [7, 11) is -1.85. The number of anilines is 1. The Kier molecular flexibility index (Phi) is 2.41. The lowest BCUT2D eigenvalue weighted by atomic mass is 10.2. The van der Waals surface area contributed by atoms with Crippen LogP contribution < -0.4 is 9.79 Å². The van der Waals surface area contributed by atoms with Crippen LogP contribution in [0.3, 0.4) is 0 Å². The second kappa shape index (κ2) is 3.48. The Morgan fingerprint density at radius 1 is 1.47 bits per heavy atom. The van der Waals surface area contributed by atoms with E-state index in [2.05, 4.69) is 0 Å². The van der Waals surface area contributed by atoms with Gasteiger partial charge in [-0.2, -0.15) is 0 Å². The molecular formula is C9H12N2O3S. The van der Waals surface area contributed by atoms with Crippen LogP contribution in [0.2, 0.25) is 0 Å². The molecule has 82 valence electrons. The minimum Gasteiger partial charge on any atom is -0.374 e. The first-order chi connectivity index (χ1) is 7.04. The minimum atomic E-state index is -3.76. The van der Waals surface area contributed by atoms with Crippen LogP contribution in [-0.4, -0.2) is 27.2 Å². The Balaban J connectivity index is 2.51. The molecule has 0 fully saturated rings. The zero-order chi connectivity index (χ0) is 11.1. The SMILES string of the molecule is CN1CCc2ccc(S(=O)(=O)NO)cc21. The predicted molar refractivity (Wildman–Crippen MR) is 55.5 cm³/mol. The van der Waals surface area contributed by atoms with Gasteiger partial charge in [-0.1, -0.05) is 11.0 Å². The molecule has 0 aromatic heterocycles. The highest BCUT2D eigenvalue weighted by Gasteiger charge is 2.20. The van der Waals surface area contributed by atoms with Crippen LogP contribution in [0.4, 0.5) is 5.69 Å². The average Bonchev–Trinajstić information content (AvgIpc) is 2.60. The van der Waals surface area contributed by atoms with Gasteiger partial charge in [-0.15, -0.1) is 0 Å². The van der Waals surface area contributed by atoms with Gasteiger partial charge < -0.3 is 10.1 Å². The van der Waals surface area contributed by atoms with Crippen LogP contribution >= 0.6 is 0 Å². The Labute approximate surface area is 88.3 Å². The Morgan fingerprint density at radius 3 is 2.87 bits per heavy atom. The number of fused-ring (bicyclic) bond motifs is 1. The third-order valence-corrected chi connectivity index (χ3v) is 3.73. The summed E-state index contributed by atoms with van der Waals surface area (Å²) in [5.74, 6) is 0. The molecule has 15 heavy (non-hydrogen) atoms. The van der Waals surface area contributed by atoms with E-state index in [0.29, 0.717) is 0 Å². The molecule has 0 aliphatic carbocycles. The number of sulfonamides is 1. The van der Waals surface area contributed by atoms with Gasteiger partial charge in [0.2, 0.25) is 0 Å². The number of benzene rings is 1. The van der Waals surface area contributed by atoms with Crippen molar-refractivity contribution in [3.8, 4) is 0 Å². The summed E-state index contributed by atoms with van der Waals surface area (Å²) < 4.78 is 22.7. The van der Waals surface area contributed by atoms with Crippen molar-refractivity contribution >= 4 is 15.7 Å². The van der Waals surface area contributed by atoms with Crippen LogP contribution in [0.25, 0.3) is 0 Å². The summed E-state index contributed by atoms with van der Waals surface area (Å²) in [6, 6.07) is 4.85. The molecule has 0 atom stereocenters. The summed E-state index contributed by atoms with van der Waals surface area (Å²) in [5, 5.41) is 8.51. The molecule has 1 aromatic carbocycles. The van der Waals surface area contributed by atoms with E-state index in [0.717, 1.165) is 24.2 Å². The quantitative estimate of drug-likeness (QED) is 0.716. The van der Waals surface area contributed by atoms with E-state index in [-0.39, 0.29) is 4.90 Å². The van der Waals surface area contributed by atoms with Gasteiger partial charge in [-0.3, -0.25) is 0 Å². The fourth-order valence-corrected chi connectivity index (χ4v) is 2.36. The topological polar surface area (TPSA) is 69.6 Å². The molecule has 0 spiro atoms. The predicted octanol–water partition coefficient (Wildman–Crippen LogP) is 0.346. The third kappa shape index (κ3) is 1.71. The number of nitrogens with one attached hydrogen (secondary N) is 1. The molecular weight excluding hydrogens is 216 g/mol. The van der Waals surface area contributed by atoms with Gasteiger partial charge in [-0.25, -0.2) is 8.42 Å². The highest BCUT2D eigenvalue weighted by atomic mass is 32.2. The average molecular weight is 228 g/mol. The van der Waals surface area contributed by atoms with Crippen molar-refractivity contribution in [1.82, 2.24) is 4.89 Å². The number of hydrogen-bond acceptors (Lipinski definition) is 4. The molecule has 0 unspecified atom stereocenters. The first kappa shape index (κ1) is 10.4. The first-order valence-corrected chi connectivity index (χ1v) is 6.03.